The van der Waals surface area contributed by atoms with Crippen molar-refractivity contribution in [2.75, 3.05) is 13.7 Å². The van der Waals surface area contributed by atoms with E-state index < -0.39 is 0 Å². The van der Waals surface area contributed by atoms with Crippen LogP contribution in [0.4, 0.5) is 0 Å². The molecule has 0 amide bonds. The topological polar surface area (TPSA) is 21.3 Å². The van der Waals surface area contributed by atoms with Gasteiger partial charge in [0.1, 0.15) is 5.75 Å². The minimum atomic E-state index is 0.358. The second kappa shape index (κ2) is 7.07. The lowest BCUT2D eigenvalue weighted by atomic mass is 10.1. The molecule has 0 spiro atoms. The minimum Gasteiger partial charge on any atom is -0.494 e. The van der Waals surface area contributed by atoms with Gasteiger partial charge in [-0.05, 0) is 44.5 Å². The standard InChI is InChI=1S/C14H21NO/c1-4-5-6-10-16-14-9-7-8-13(11-14)12(2)15-3/h4,7-9,11-12,15H,1,5-6,10H2,2-3H3. The van der Waals surface area contributed by atoms with E-state index in [1.165, 1.54) is 5.56 Å². The molecule has 16 heavy (non-hydrogen) atoms. The second-order valence-electron chi connectivity index (χ2n) is 3.86. The van der Waals surface area contributed by atoms with Crippen molar-refractivity contribution in [3.05, 3.63) is 42.5 Å². The molecule has 0 saturated heterocycles. The molecular weight excluding hydrogens is 198 g/mol. The number of rotatable bonds is 7. The lowest BCUT2D eigenvalue weighted by Gasteiger charge is -2.12. The Balaban J connectivity index is 2.50. The van der Waals surface area contributed by atoms with Crippen LogP contribution in [-0.4, -0.2) is 13.7 Å². The Morgan fingerprint density at radius 1 is 1.50 bits per heavy atom. The van der Waals surface area contributed by atoms with Gasteiger partial charge < -0.3 is 10.1 Å². The van der Waals surface area contributed by atoms with Crippen LogP contribution >= 0.6 is 0 Å². The molecule has 1 rings (SSSR count). The number of unbranched alkanes of at least 4 members (excludes halogenated alkanes) is 1. The van der Waals surface area contributed by atoms with E-state index >= 15 is 0 Å². The quantitative estimate of drug-likeness (QED) is 0.561. The number of hydrogen-bond acceptors (Lipinski definition) is 2. The van der Waals surface area contributed by atoms with Crippen molar-refractivity contribution in [1.82, 2.24) is 5.32 Å². The summed E-state index contributed by atoms with van der Waals surface area (Å²) in [7, 11) is 1.96. The van der Waals surface area contributed by atoms with Gasteiger partial charge in [0.2, 0.25) is 0 Å². The first-order valence-corrected chi connectivity index (χ1v) is 5.79. The molecule has 1 atom stereocenters. The summed E-state index contributed by atoms with van der Waals surface area (Å²) in [6, 6.07) is 8.59. The molecule has 0 aliphatic rings. The van der Waals surface area contributed by atoms with E-state index in [0.717, 1.165) is 25.2 Å². The summed E-state index contributed by atoms with van der Waals surface area (Å²) in [5, 5.41) is 3.22. The summed E-state index contributed by atoms with van der Waals surface area (Å²) >= 11 is 0. The van der Waals surface area contributed by atoms with Crippen molar-refractivity contribution in [2.45, 2.75) is 25.8 Å². The molecule has 2 heteroatoms. The van der Waals surface area contributed by atoms with Crippen molar-refractivity contribution in [2.24, 2.45) is 0 Å². The van der Waals surface area contributed by atoms with Crippen LogP contribution in [-0.2, 0) is 0 Å². The Kier molecular flexibility index (Phi) is 5.65. The van der Waals surface area contributed by atoms with Crippen LogP contribution in [0, 0.1) is 0 Å². The van der Waals surface area contributed by atoms with Gasteiger partial charge in [-0.3, -0.25) is 0 Å². The van der Waals surface area contributed by atoms with Crippen molar-refractivity contribution in [1.29, 1.82) is 0 Å². The van der Waals surface area contributed by atoms with E-state index in [1.54, 1.807) is 0 Å². The van der Waals surface area contributed by atoms with Gasteiger partial charge in [-0.2, -0.15) is 0 Å². The predicted molar refractivity (Wildman–Crippen MR) is 68.8 cm³/mol. The molecular formula is C14H21NO. The maximum absolute atomic E-state index is 5.67. The third-order valence-corrected chi connectivity index (χ3v) is 2.61. The highest BCUT2D eigenvalue weighted by atomic mass is 16.5. The number of nitrogens with one attached hydrogen (secondary N) is 1. The summed E-state index contributed by atoms with van der Waals surface area (Å²) in [4.78, 5) is 0. The van der Waals surface area contributed by atoms with Crippen LogP contribution in [0.2, 0.25) is 0 Å². The molecule has 0 heterocycles. The molecule has 0 bridgehead atoms. The molecule has 0 saturated carbocycles. The Labute approximate surface area is 98.3 Å². The molecule has 1 N–H and O–H groups in total. The van der Waals surface area contributed by atoms with E-state index in [2.05, 4.69) is 31.0 Å². The molecule has 88 valence electrons. The minimum absolute atomic E-state index is 0.358. The van der Waals surface area contributed by atoms with E-state index in [9.17, 15) is 0 Å². The monoisotopic (exact) mass is 219 g/mol. The molecule has 0 radical (unpaired) electrons. The highest BCUT2D eigenvalue weighted by Crippen LogP contribution is 2.18. The lowest BCUT2D eigenvalue weighted by Crippen LogP contribution is -2.12. The van der Waals surface area contributed by atoms with Crippen LogP contribution < -0.4 is 10.1 Å². The van der Waals surface area contributed by atoms with Crippen molar-refractivity contribution >= 4 is 0 Å². The Hall–Kier alpha value is -1.28. The SMILES string of the molecule is C=CCCCOc1cccc(C(C)NC)c1. The Bertz CT molecular complexity index is 322. The molecule has 2 nitrogen and oxygen atoms in total. The molecule has 0 fully saturated rings. The van der Waals surface area contributed by atoms with Crippen molar-refractivity contribution in [3.63, 3.8) is 0 Å². The lowest BCUT2D eigenvalue weighted by molar-refractivity contribution is 0.311. The predicted octanol–water partition coefficient (Wildman–Crippen LogP) is 3.31. The molecule has 0 aliphatic heterocycles. The largest absolute Gasteiger partial charge is 0.494 e. The zero-order chi connectivity index (χ0) is 11.8. The fourth-order valence-corrected chi connectivity index (χ4v) is 1.46. The van der Waals surface area contributed by atoms with E-state index in [4.69, 9.17) is 4.74 Å². The first-order valence-electron chi connectivity index (χ1n) is 5.79. The zero-order valence-corrected chi connectivity index (χ0v) is 10.2. The summed E-state index contributed by atoms with van der Waals surface area (Å²) < 4.78 is 5.67. The number of allylic oxidation sites excluding steroid dienone is 1. The van der Waals surface area contributed by atoms with E-state index in [1.807, 2.05) is 25.3 Å². The van der Waals surface area contributed by atoms with Gasteiger partial charge in [-0.25, -0.2) is 0 Å². The van der Waals surface area contributed by atoms with Gasteiger partial charge in [0.05, 0.1) is 6.61 Å². The van der Waals surface area contributed by atoms with Gasteiger partial charge in [0, 0.05) is 6.04 Å². The van der Waals surface area contributed by atoms with E-state index in [-0.39, 0.29) is 0 Å². The van der Waals surface area contributed by atoms with Crippen LogP contribution in [0.1, 0.15) is 31.4 Å². The third kappa shape index (κ3) is 4.07. The summed E-state index contributed by atoms with van der Waals surface area (Å²) in [5.41, 5.74) is 1.25. The molecule has 0 aromatic heterocycles. The number of hydrogen-bond donors (Lipinski definition) is 1. The van der Waals surface area contributed by atoms with Gasteiger partial charge in [0.25, 0.3) is 0 Å². The second-order valence-corrected chi connectivity index (χ2v) is 3.86. The first kappa shape index (κ1) is 12.8. The molecule has 1 unspecified atom stereocenters. The average molecular weight is 219 g/mol. The normalized spacial score (nSPS) is 12.1. The summed E-state index contributed by atoms with van der Waals surface area (Å²) in [6.45, 7) is 6.58. The summed E-state index contributed by atoms with van der Waals surface area (Å²) in [6.07, 6.45) is 3.95. The Morgan fingerprint density at radius 3 is 3.00 bits per heavy atom. The zero-order valence-electron chi connectivity index (χ0n) is 10.2. The fourth-order valence-electron chi connectivity index (χ4n) is 1.46. The highest BCUT2D eigenvalue weighted by Gasteiger charge is 2.03. The molecule has 0 aliphatic carbocycles. The molecule has 1 aromatic carbocycles. The third-order valence-electron chi connectivity index (χ3n) is 2.61. The first-order chi connectivity index (χ1) is 7.77. The van der Waals surface area contributed by atoms with Crippen LogP contribution in [0.3, 0.4) is 0 Å². The summed E-state index contributed by atoms with van der Waals surface area (Å²) in [5.74, 6) is 0.948. The highest BCUT2D eigenvalue weighted by molar-refractivity contribution is 5.30. The van der Waals surface area contributed by atoms with Crippen molar-refractivity contribution < 1.29 is 4.74 Å². The average Bonchev–Trinajstić information content (AvgIpc) is 2.34. The van der Waals surface area contributed by atoms with Gasteiger partial charge in [-0.1, -0.05) is 18.2 Å². The number of ether oxygens (including phenoxy) is 1. The van der Waals surface area contributed by atoms with Gasteiger partial charge in [0.15, 0.2) is 0 Å². The van der Waals surface area contributed by atoms with E-state index in [0.29, 0.717) is 6.04 Å². The van der Waals surface area contributed by atoms with Crippen LogP contribution in [0.25, 0.3) is 0 Å². The van der Waals surface area contributed by atoms with Crippen molar-refractivity contribution in [3.8, 4) is 5.75 Å². The number of benzene rings is 1. The maximum Gasteiger partial charge on any atom is 0.119 e. The smallest absolute Gasteiger partial charge is 0.119 e. The van der Waals surface area contributed by atoms with Gasteiger partial charge >= 0.3 is 0 Å². The molecule has 1 aromatic rings. The van der Waals surface area contributed by atoms with Crippen LogP contribution in [0.5, 0.6) is 5.75 Å². The Morgan fingerprint density at radius 2 is 2.31 bits per heavy atom. The maximum atomic E-state index is 5.67. The van der Waals surface area contributed by atoms with Gasteiger partial charge in [-0.15, -0.1) is 6.58 Å². The van der Waals surface area contributed by atoms with Crippen LogP contribution in [0.15, 0.2) is 36.9 Å². The fraction of sp³-hybridized carbons (Fsp3) is 0.429.